The summed E-state index contributed by atoms with van der Waals surface area (Å²) in [6.45, 7) is 5.88. The van der Waals surface area contributed by atoms with Gasteiger partial charge in [0, 0.05) is 11.4 Å². The molecule has 0 saturated heterocycles. The summed E-state index contributed by atoms with van der Waals surface area (Å²) in [7, 11) is -3.67. The third kappa shape index (κ3) is 5.34. The molecule has 3 N–H and O–H groups in total. The molecule has 0 amide bonds. The van der Waals surface area contributed by atoms with Crippen molar-refractivity contribution in [2.45, 2.75) is 25.7 Å². The van der Waals surface area contributed by atoms with Crippen molar-refractivity contribution < 1.29 is 8.42 Å². The number of hydrogen-bond donors (Lipinski definition) is 3. The highest BCUT2D eigenvalue weighted by atomic mass is 32.2. The van der Waals surface area contributed by atoms with Gasteiger partial charge < -0.3 is 10.6 Å². The monoisotopic (exact) mass is 425 g/mol. The van der Waals surface area contributed by atoms with E-state index in [1.807, 2.05) is 51.1 Å². The molecule has 0 aromatic heterocycles. The van der Waals surface area contributed by atoms with Gasteiger partial charge in [-0.25, -0.2) is 8.42 Å². The van der Waals surface area contributed by atoms with Gasteiger partial charge in [0.15, 0.2) is 5.11 Å². The zero-order valence-corrected chi connectivity index (χ0v) is 18.1. The number of para-hydroxylation sites is 1. The number of benzene rings is 3. The lowest BCUT2D eigenvalue weighted by molar-refractivity contribution is 0.601. The Balaban J connectivity index is 1.69. The summed E-state index contributed by atoms with van der Waals surface area (Å²) < 4.78 is 27.9. The Bertz CT molecular complexity index is 1140. The number of rotatable bonds is 5. The first-order valence-corrected chi connectivity index (χ1v) is 11.0. The van der Waals surface area contributed by atoms with Gasteiger partial charge in [-0.3, -0.25) is 4.72 Å². The van der Waals surface area contributed by atoms with Crippen LogP contribution in [0.25, 0.3) is 0 Å². The standard InChI is InChI=1S/C22H23N3O2S2/c1-15-8-9-17(3)21(14-15)24-22(28)23-18-10-12-19(13-11-18)29(26,27)25-20-7-5-4-6-16(20)2/h4-14,25H,1-3H3,(H2,23,24,28). The molecule has 0 aliphatic rings. The van der Waals surface area contributed by atoms with Gasteiger partial charge in [0.2, 0.25) is 0 Å². The molecule has 7 heteroatoms. The van der Waals surface area contributed by atoms with Crippen molar-refractivity contribution in [1.29, 1.82) is 0 Å². The largest absolute Gasteiger partial charge is 0.332 e. The van der Waals surface area contributed by atoms with E-state index in [1.165, 1.54) is 0 Å². The number of hydrogen-bond acceptors (Lipinski definition) is 3. The van der Waals surface area contributed by atoms with Gasteiger partial charge in [0.1, 0.15) is 0 Å². The summed E-state index contributed by atoms with van der Waals surface area (Å²) in [5.41, 5.74) is 5.28. The van der Waals surface area contributed by atoms with E-state index in [4.69, 9.17) is 12.2 Å². The minimum Gasteiger partial charge on any atom is -0.332 e. The molecule has 29 heavy (non-hydrogen) atoms. The number of aryl methyl sites for hydroxylation is 3. The van der Waals surface area contributed by atoms with Gasteiger partial charge >= 0.3 is 0 Å². The lowest BCUT2D eigenvalue weighted by Crippen LogP contribution is -2.20. The van der Waals surface area contributed by atoms with E-state index in [1.54, 1.807) is 36.4 Å². The van der Waals surface area contributed by atoms with Gasteiger partial charge in [0.25, 0.3) is 10.0 Å². The van der Waals surface area contributed by atoms with Crippen LogP contribution in [-0.4, -0.2) is 13.5 Å². The maximum Gasteiger partial charge on any atom is 0.261 e. The molecule has 0 aliphatic carbocycles. The molecule has 0 unspecified atom stereocenters. The maximum atomic E-state index is 12.6. The molecule has 0 heterocycles. The predicted molar refractivity (Wildman–Crippen MR) is 124 cm³/mol. The molecule has 0 aliphatic heterocycles. The molecule has 150 valence electrons. The normalized spacial score (nSPS) is 11.0. The second kappa shape index (κ2) is 8.63. The Morgan fingerprint density at radius 1 is 0.793 bits per heavy atom. The van der Waals surface area contributed by atoms with Gasteiger partial charge in [-0.15, -0.1) is 0 Å². The zero-order chi connectivity index (χ0) is 21.0. The summed E-state index contributed by atoms with van der Waals surface area (Å²) in [5.74, 6) is 0. The Morgan fingerprint density at radius 3 is 2.14 bits per heavy atom. The van der Waals surface area contributed by atoms with Gasteiger partial charge in [-0.2, -0.15) is 0 Å². The Labute approximate surface area is 177 Å². The summed E-state index contributed by atoms with van der Waals surface area (Å²) in [6, 6.07) is 19.8. The molecule has 5 nitrogen and oxygen atoms in total. The molecule has 0 bridgehead atoms. The molecule has 3 aromatic carbocycles. The van der Waals surface area contributed by atoms with Crippen molar-refractivity contribution in [2.75, 3.05) is 15.4 Å². The zero-order valence-electron chi connectivity index (χ0n) is 16.5. The number of nitrogens with one attached hydrogen (secondary N) is 3. The summed E-state index contributed by atoms with van der Waals surface area (Å²) in [6.07, 6.45) is 0. The predicted octanol–water partition coefficient (Wildman–Crippen LogP) is 5.22. The quantitative estimate of drug-likeness (QED) is 0.489. The number of anilines is 3. The first-order valence-electron chi connectivity index (χ1n) is 9.08. The van der Waals surface area contributed by atoms with Crippen LogP contribution in [0.2, 0.25) is 0 Å². The smallest absolute Gasteiger partial charge is 0.261 e. The Kier molecular flexibility index (Phi) is 6.20. The van der Waals surface area contributed by atoms with Crippen molar-refractivity contribution in [1.82, 2.24) is 0 Å². The van der Waals surface area contributed by atoms with E-state index in [0.717, 1.165) is 22.4 Å². The summed E-state index contributed by atoms with van der Waals surface area (Å²) >= 11 is 5.38. The van der Waals surface area contributed by atoms with Crippen molar-refractivity contribution in [2.24, 2.45) is 0 Å². The summed E-state index contributed by atoms with van der Waals surface area (Å²) in [4.78, 5) is 0.180. The van der Waals surface area contributed by atoms with E-state index >= 15 is 0 Å². The van der Waals surface area contributed by atoms with Crippen molar-refractivity contribution >= 4 is 44.4 Å². The van der Waals surface area contributed by atoms with E-state index < -0.39 is 10.0 Å². The molecule has 3 rings (SSSR count). The Hall–Kier alpha value is -2.90. The molecule has 0 spiro atoms. The topological polar surface area (TPSA) is 70.2 Å². The minimum atomic E-state index is -3.67. The van der Waals surface area contributed by atoms with Gasteiger partial charge in [-0.05, 0) is 86.1 Å². The lowest BCUT2D eigenvalue weighted by Gasteiger charge is -2.14. The number of thiocarbonyl (C=S) groups is 1. The second-order valence-corrected chi connectivity index (χ2v) is 8.93. The third-order valence-electron chi connectivity index (χ3n) is 4.45. The third-order valence-corrected chi connectivity index (χ3v) is 6.04. The van der Waals surface area contributed by atoms with E-state index in [0.29, 0.717) is 16.5 Å². The van der Waals surface area contributed by atoms with Crippen LogP contribution < -0.4 is 15.4 Å². The first-order chi connectivity index (χ1) is 13.7. The van der Waals surface area contributed by atoms with Crippen LogP contribution >= 0.6 is 12.2 Å². The second-order valence-electron chi connectivity index (χ2n) is 6.84. The molecule has 0 saturated carbocycles. The molecule has 0 radical (unpaired) electrons. The minimum absolute atomic E-state index is 0.180. The highest BCUT2D eigenvalue weighted by molar-refractivity contribution is 7.92. The molecular weight excluding hydrogens is 402 g/mol. The van der Waals surface area contributed by atoms with Crippen LogP contribution in [0.5, 0.6) is 0 Å². The first kappa shape index (κ1) is 20.8. The fourth-order valence-corrected chi connectivity index (χ4v) is 4.12. The average Bonchev–Trinajstić information content (AvgIpc) is 2.67. The SMILES string of the molecule is Cc1ccc(C)c(NC(=S)Nc2ccc(S(=O)(=O)Nc3ccccc3C)cc2)c1. The van der Waals surface area contributed by atoms with Crippen LogP contribution in [0.3, 0.4) is 0 Å². The van der Waals surface area contributed by atoms with Gasteiger partial charge in [0.05, 0.1) is 10.6 Å². The molecular formula is C22H23N3O2S2. The highest BCUT2D eigenvalue weighted by Crippen LogP contribution is 2.21. The van der Waals surface area contributed by atoms with Crippen molar-refractivity contribution in [3.8, 4) is 0 Å². The van der Waals surface area contributed by atoms with Gasteiger partial charge in [-0.1, -0.05) is 30.3 Å². The van der Waals surface area contributed by atoms with Crippen LogP contribution in [0, 0.1) is 20.8 Å². The fourth-order valence-electron chi connectivity index (χ4n) is 2.76. The molecule has 0 atom stereocenters. The van der Waals surface area contributed by atoms with Crippen molar-refractivity contribution in [3.63, 3.8) is 0 Å². The van der Waals surface area contributed by atoms with Crippen LogP contribution in [0.1, 0.15) is 16.7 Å². The van der Waals surface area contributed by atoms with Crippen molar-refractivity contribution in [3.05, 3.63) is 83.4 Å². The van der Waals surface area contributed by atoms with E-state index in [9.17, 15) is 8.42 Å². The molecule has 0 fully saturated rings. The number of sulfonamides is 1. The maximum absolute atomic E-state index is 12.6. The highest BCUT2D eigenvalue weighted by Gasteiger charge is 2.15. The van der Waals surface area contributed by atoms with Crippen LogP contribution in [0.4, 0.5) is 17.1 Å². The average molecular weight is 426 g/mol. The van der Waals surface area contributed by atoms with Crippen LogP contribution in [-0.2, 0) is 10.0 Å². The molecule has 3 aromatic rings. The lowest BCUT2D eigenvalue weighted by atomic mass is 10.1. The summed E-state index contributed by atoms with van der Waals surface area (Å²) in [5, 5.41) is 6.69. The Morgan fingerprint density at radius 2 is 1.45 bits per heavy atom. The van der Waals surface area contributed by atoms with Crippen LogP contribution in [0.15, 0.2) is 71.6 Å². The fraction of sp³-hybridized carbons (Fsp3) is 0.136. The van der Waals surface area contributed by atoms with E-state index in [-0.39, 0.29) is 4.90 Å². The van der Waals surface area contributed by atoms with E-state index in [2.05, 4.69) is 15.4 Å².